The second-order valence-electron chi connectivity index (χ2n) is 6.54. The Labute approximate surface area is 134 Å². The Kier molecular flexibility index (Phi) is 3.34. The Hall–Kier alpha value is -2.12. The van der Waals surface area contributed by atoms with Crippen molar-refractivity contribution in [2.75, 3.05) is 0 Å². The van der Waals surface area contributed by atoms with Crippen molar-refractivity contribution in [1.82, 2.24) is 9.78 Å². The fraction of sp³-hybridized carbons (Fsp3) is 0.353. The number of ketones is 1. The van der Waals surface area contributed by atoms with E-state index in [1.165, 1.54) is 0 Å². The van der Waals surface area contributed by atoms with Gasteiger partial charge in [-0.3, -0.25) is 4.79 Å². The molecule has 0 saturated heterocycles. The maximum Gasteiger partial charge on any atom is 0.167 e. The summed E-state index contributed by atoms with van der Waals surface area (Å²) < 4.78 is 1.79. The SMILES string of the molecule is Cc1nn(-c2ccc(C#N)c(Cl)c2)c2c1C(=O)CC(C)(C)C2. The topological polar surface area (TPSA) is 58.7 Å². The lowest BCUT2D eigenvalue weighted by Gasteiger charge is -2.29. The van der Waals surface area contributed by atoms with E-state index in [1.807, 2.05) is 19.1 Å². The number of Topliss-reactive ketones (excluding diaryl/α,β-unsaturated/α-hetero) is 1. The van der Waals surface area contributed by atoms with Crippen molar-refractivity contribution in [1.29, 1.82) is 5.26 Å². The maximum absolute atomic E-state index is 12.4. The summed E-state index contributed by atoms with van der Waals surface area (Å²) in [4.78, 5) is 12.4. The molecule has 0 radical (unpaired) electrons. The van der Waals surface area contributed by atoms with Crippen molar-refractivity contribution in [3.63, 3.8) is 0 Å². The number of fused-ring (bicyclic) bond motifs is 1. The van der Waals surface area contributed by atoms with Crippen molar-refractivity contribution in [3.8, 4) is 11.8 Å². The van der Waals surface area contributed by atoms with Gasteiger partial charge in [-0.25, -0.2) is 4.68 Å². The highest BCUT2D eigenvalue weighted by Gasteiger charge is 2.35. The average molecular weight is 314 g/mol. The molecule has 0 fully saturated rings. The molecule has 0 N–H and O–H groups in total. The van der Waals surface area contributed by atoms with Crippen LogP contribution in [0.25, 0.3) is 5.69 Å². The third kappa shape index (κ3) is 2.32. The Morgan fingerprint density at radius 2 is 2.09 bits per heavy atom. The first-order valence-electron chi connectivity index (χ1n) is 7.14. The standard InChI is InChI=1S/C17H16ClN3O/c1-10-16-14(7-17(2,3)8-15(16)22)21(20-10)12-5-4-11(9-19)13(18)6-12/h4-6H,7-8H2,1-3H3. The van der Waals surface area contributed by atoms with E-state index in [0.717, 1.165) is 29.1 Å². The maximum atomic E-state index is 12.4. The van der Waals surface area contributed by atoms with Gasteiger partial charge in [0.25, 0.3) is 0 Å². The van der Waals surface area contributed by atoms with Crippen LogP contribution in [0.15, 0.2) is 18.2 Å². The van der Waals surface area contributed by atoms with Gasteiger partial charge in [-0.1, -0.05) is 25.4 Å². The number of nitriles is 1. The number of rotatable bonds is 1. The molecule has 1 aromatic carbocycles. The molecule has 2 aromatic rings. The Morgan fingerprint density at radius 1 is 1.36 bits per heavy atom. The molecule has 0 amide bonds. The average Bonchev–Trinajstić information content (AvgIpc) is 2.74. The highest BCUT2D eigenvalue weighted by atomic mass is 35.5. The lowest BCUT2D eigenvalue weighted by molar-refractivity contribution is 0.0910. The second-order valence-corrected chi connectivity index (χ2v) is 6.94. The fourth-order valence-corrected chi connectivity index (χ4v) is 3.30. The molecule has 0 unspecified atom stereocenters. The summed E-state index contributed by atoms with van der Waals surface area (Å²) in [6, 6.07) is 7.25. The van der Waals surface area contributed by atoms with E-state index in [2.05, 4.69) is 18.9 Å². The zero-order valence-electron chi connectivity index (χ0n) is 12.8. The number of hydrogen-bond donors (Lipinski definition) is 0. The molecule has 22 heavy (non-hydrogen) atoms. The minimum Gasteiger partial charge on any atom is -0.294 e. The van der Waals surface area contributed by atoms with E-state index >= 15 is 0 Å². The van der Waals surface area contributed by atoms with Gasteiger partial charge in [0.15, 0.2) is 5.78 Å². The molecule has 1 aromatic heterocycles. The molecule has 112 valence electrons. The van der Waals surface area contributed by atoms with Crippen LogP contribution < -0.4 is 0 Å². The van der Waals surface area contributed by atoms with Gasteiger partial charge in [0, 0.05) is 6.42 Å². The largest absolute Gasteiger partial charge is 0.294 e. The van der Waals surface area contributed by atoms with Crippen LogP contribution in [0.3, 0.4) is 0 Å². The van der Waals surface area contributed by atoms with E-state index in [4.69, 9.17) is 16.9 Å². The zero-order chi connectivity index (χ0) is 16.1. The van der Waals surface area contributed by atoms with Crippen LogP contribution in [0.4, 0.5) is 0 Å². The van der Waals surface area contributed by atoms with E-state index in [9.17, 15) is 4.79 Å². The Morgan fingerprint density at radius 3 is 2.73 bits per heavy atom. The van der Waals surface area contributed by atoms with E-state index in [1.54, 1.807) is 16.8 Å². The highest BCUT2D eigenvalue weighted by molar-refractivity contribution is 6.31. The van der Waals surface area contributed by atoms with Crippen LogP contribution in [0.5, 0.6) is 0 Å². The number of aromatic nitrogens is 2. The Bertz CT molecular complexity index is 827. The van der Waals surface area contributed by atoms with Crippen LogP contribution in [-0.4, -0.2) is 15.6 Å². The number of hydrogen-bond acceptors (Lipinski definition) is 3. The van der Waals surface area contributed by atoms with Gasteiger partial charge < -0.3 is 0 Å². The van der Waals surface area contributed by atoms with Crippen molar-refractivity contribution in [2.24, 2.45) is 5.41 Å². The molecular weight excluding hydrogens is 298 g/mol. The molecule has 0 saturated carbocycles. The summed E-state index contributed by atoms with van der Waals surface area (Å²) in [6.45, 7) is 6.04. The number of benzene rings is 1. The summed E-state index contributed by atoms with van der Waals surface area (Å²) in [5.41, 5.74) is 3.54. The lowest BCUT2D eigenvalue weighted by Crippen LogP contribution is -2.28. The number of halogens is 1. The second kappa shape index (κ2) is 4.96. The number of nitrogens with zero attached hydrogens (tertiary/aromatic N) is 3. The van der Waals surface area contributed by atoms with E-state index < -0.39 is 0 Å². The molecular formula is C17H16ClN3O. The van der Waals surface area contributed by atoms with Gasteiger partial charge in [-0.05, 0) is 37.0 Å². The van der Waals surface area contributed by atoms with Crippen LogP contribution in [0, 0.1) is 23.7 Å². The fourth-order valence-electron chi connectivity index (χ4n) is 3.08. The van der Waals surface area contributed by atoms with E-state index in [-0.39, 0.29) is 11.2 Å². The summed E-state index contributed by atoms with van der Waals surface area (Å²) in [5, 5.41) is 13.9. The smallest absolute Gasteiger partial charge is 0.167 e. The summed E-state index contributed by atoms with van der Waals surface area (Å²) in [5.74, 6) is 0.148. The van der Waals surface area contributed by atoms with Crippen molar-refractivity contribution < 1.29 is 4.79 Å². The molecule has 0 atom stereocenters. The highest BCUT2D eigenvalue weighted by Crippen LogP contribution is 2.37. The normalized spacial score (nSPS) is 16.2. The lowest BCUT2D eigenvalue weighted by atomic mass is 9.75. The number of carbonyl (C=O) groups is 1. The van der Waals surface area contributed by atoms with Crippen LogP contribution in [-0.2, 0) is 6.42 Å². The van der Waals surface area contributed by atoms with Gasteiger partial charge in [-0.15, -0.1) is 0 Å². The summed E-state index contributed by atoms with van der Waals surface area (Å²) >= 11 is 6.12. The third-order valence-electron chi connectivity index (χ3n) is 4.04. The van der Waals surface area contributed by atoms with Gasteiger partial charge in [0.1, 0.15) is 6.07 Å². The third-order valence-corrected chi connectivity index (χ3v) is 4.35. The molecule has 1 aliphatic rings. The molecule has 0 bridgehead atoms. The predicted octanol–water partition coefficient (Wildman–Crippen LogP) is 3.86. The minimum absolute atomic E-state index is 0.0787. The molecule has 3 rings (SSSR count). The van der Waals surface area contributed by atoms with Crippen LogP contribution in [0.2, 0.25) is 5.02 Å². The van der Waals surface area contributed by atoms with Crippen molar-refractivity contribution in [3.05, 3.63) is 45.7 Å². The summed E-state index contributed by atoms with van der Waals surface area (Å²) in [7, 11) is 0. The first kappa shape index (κ1) is 14.8. The molecule has 1 heterocycles. The van der Waals surface area contributed by atoms with Gasteiger partial charge in [-0.2, -0.15) is 10.4 Å². The monoisotopic (exact) mass is 313 g/mol. The molecule has 0 aliphatic heterocycles. The minimum atomic E-state index is -0.0787. The first-order valence-corrected chi connectivity index (χ1v) is 7.52. The molecule has 4 nitrogen and oxygen atoms in total. The quantitative estimate of drug-likeness (QED) is 0.803. The van der Waals surface area contributed by atoms with Gasteiger partial charge >= 0.3 is 0 Å². The van der Waals surface area contributed by atoms with E-state index in [0.29, 0.717) is 17.0 Å². The number of aryl methyl sites for hydroxylation is 1. The van der Waals surface area contributed by atoms with Gasteiger partial charge in [0.05, 0.1) is 33.2 Å². The number of carbonyl (C=O) groups excluding carboxylic acids is 1. The first-order chi connectivity index (χ1) is 10.3. The molecule has 1 aliphatic carbocycles. The zero-order valence-corrected chi connectivity index (χ0v) is 13.5. The van der Waals surface area contributed by atoms with Crippen molar-refractivity contribution in [2.45, 2.75) is 33.6 Å². The van der Waals surface area contributed by atoms with Crippen molar-refractivity contribution >= 4 is 17.4 Å². The molecule has 0 spiro atoms. The van der Waals surface area contributed by atoms with Crippen LogP contribution >= 0.6 is 11.6 Å². The molecule has 5 heteroatoms. The summed E-state index contributed by atoms with van der Waals surface area (Å²) in [6.07, 6.45) is 1.33. The van der Waals surface area contributed by atoms with Gasteiger partial charge in [0.2, 0.25) is 0 Å². The predicted molar refractivity (Wildman–Crippen MR) is 84.5 cm³/mol. The Balaban J connectivity index is 2.18. The van der Waals surface area contributed by atoms with Crippen LogP contribution in [0.1, 0.15) is 47.6 Å².